The minimum Gasteiger partial charge on any atom is -0.378 e. The van der Waals surface area contributed by atoms with Crippen LogP contribution in [0.3, 0.4) is 0 Å². The Kier molecular flexibility index (Phi) is 5.25. The number of pyridine rings is 1. The highest BCUT2D eigenvalue weighted by Crippen LogP contribution is 2.33. The van der Waals surface area contributed by atoms with Crippen LogP contribution in [0, 0.1) is 5.82 Å². The first kappa shape index (κ1) is 22.0. The molecule has 6 nitrogen and oxygen atoms in total. The van der Waals surface area contributed by atoms with Crippen LogP contribution < -0.4 is 4.90 Å². The van der Waals surface area contributed by atoms with E-state index in [2.05, 4.69) is 56.3 Å². The van der Waals surface area contributed by atoms with Crippen LogP contribution in [0.2, 0.25) is 0 Å². The number of nitrogens with zero attached hydrogens (tertiary/aromatic N) is 4. The van der Waals surface area contributed by atoms with E-state index in [0.717, 1.165) is 56.5 Å². The summed E-state index contributed by atoms with van der Waals surface area (Å²) in [7, 11) is 4.10. The molecule has 3 heterocycles. The maximum atomic E-state index is 13.9. The first-order chi connectivity index (χ1) is 17.5. The Bertz CT molecular complexity index is 1730. The van der Waals surface area contributed by atoms with Crippen molar-refractivity contribution in [1.82, 2.24) is 25.1 Å². The van der Waals surface area contributed by atoms with Crippen molar-refractivity contribution in [3.63, 3.8) is 0 Å². The van der Waals surface area contributed by atoms with Crippen LogP contribution in [0.5, 0.6) is 0 Å². The number of benzene rings is 3. The number of imidazole rings is 1. The lowest BCUT2D eigenvalue weighted by molar-refractivity contribution is 0.628. The molecule has 0 saturated heterocycles. The number of para-hydroxylation sites is 1. The van der Waals surface area contributed by atoms with Crippen molar-refractivity contribution < 1.29 is 4.39 Å². The van der Waals surface area contributed by atoms with Gasteiger partial charge in [0.05, 0.1) is 16.4 Å². The average molecular weight is 477 g/mol. The second-order valence-electron chi connectivity index (χ2n) is 9.13. The van der Waals surface area contributed by atoms with Gasteiger partial charge in [0.1, 0.15) is 11.5 Å². The van der Waals surface area contributed by atoms with Crippen LogP contribution in [0.4, 0.5) is 10.1 Å². The number of hydrogen-bond donors (Lipinski definition) is 2. The summed E-state index contributed by atoms with van der Waals surface area (Å²) in [5, 5.41) is 8.42. The lowest BCUT2D eigenvalue weighted by Gasteiger charge is -2.16. The van der Waals surface area contributed by atoms with E-state index in [1.54, 1.807) is 6.07 Å². The Hall–Kier alpha value is -4.52. The molecular weight excluding hydrogens is 451 g/mol. The van der Waals surface area contributed by atoms with Crippen LogP contribution in [0.25, 0.3) is 55.8 Å². The Morgan fingerprint density at radius 1 is 0.917 bits per heavy atom. The molecule has 0 bridgehead atoms. The van der Waals surface area contributed by atoms with Crippen LogP contribution in [-0.2, 0) is 6.42 Å². The molecule has 0 spiro atoms. The van der Waals surface area contributed by atoms with Crippen LogP contribution in [0.15, 0.2) is 72.9 Å². The third-order valence-electron chi connectivity index (χ3n) is 6.53. The molecule has 2 N–H and O–H groups in total. The van der Waals surface area contributed by atoms with Gasteiger partial charge in [-0.15, -0.1) is 0 Å². The molecule has 6 aromatic rings. The van der Waals surface area contributed by atoms with Gasteiger partial charge in [-0.25, -0.2) is 14.4 Å². The molecule has 178 valence electrons. The molecule has 0 aliphatic heterocycles. The number of rotatable bonds is 5. The molecular formula is C29H25FN6. The summed E-state index contributed by atoms with van der Waals surface area (Å²) in [6, 6.07) is 21.1. The summed E-state index contributed by atoms with van der Waals surface area (Å²) in [4.78, 5) is 15.0. The quantitative estimate of drug-likeness (QED) is 0.294. The van der Waals surface area contributed by atoms with Gasteiger partial charge in [-0.3, -0.25) is 5.10 Å². The molecule has 3 aromatic heterocycles. The Morgan fingerprint density at radius 2 is 1.78 bits per heavy atom. The Balaban J connectivity index is 1.48. The zero-order chi connectivity index (χ0) is 24.8. The summed E-state index contributed by atoms with van der Waals surface area (Å²) in [5.74, 6) is 0.384. The fourth-order valence-corrected chi connectivity index (χ4v) is 4.58. The van der Waals surface area contributed by atoms with E-state index in [9.17, 15) is 4.39 Å². The van der Waals surface area contributed by atoms with E-state index >= 15 is 0 Å². The van der Waals surface area contributed by atoms with Gasteiger partial charge >= 0.3 is 0 Å². The summed E-state index contributed by atoms with van der Waals surface area (Å²) < 4.78 is 13.9. The number of aryl methyl sites for hydroxylation is 1. The maximum absolute atomic E-state index is 13.9. The monoisotopic (exact) mass is 476 g/mol. The molecule has 0 amide bonds. The second-order valence-corrected chi connectivity index (χ2v) is 9.13. The van der Waals surface area contributed by atoms with Gasteiger partial charge in [-0.2, -0.15) is 5.10 Å². The van der Waals surface area contributed by atoms with Gasteiger partial charge in [0, 0.05) is 37.1 Å². The summed E-state index contributed by atoms with van der Waals surface area (Å²) in [5.41, 5.74) is 9.22. The first-order valence-corrected chi connectivity index (χ1v) is 11.9. The van der Waals surface area contributed by atoms with Gasteiger partial charge in [0.2, 0.25) is 0 Å². The van der Waals surface area contributed by atoms with Crippen LogP contribution in [-0.4, -0.2) is 39.2 Å². The maximum Gasteiger partial charge on any atom is 0.181 e. The molecule has 0 saturated carbocycles. The fraction of sp³-hybridized carbons (Fsp3) is 0.138. The zero-order valence-electron chi connectivity index (χ0n) is 20.3. The SMILES string of the molecule is CCc1cc(-c2cnc3n[nH]c(-c4nc5c(-c6cccc(F)c6)cccc5[nH]4)c3c2)cc(N(C)C)c1. The third-order valence-corrected chi connectivity index (χ3v) is 6.53. The summed E-state index contributed by atoms with van der Waals surface area (Å²) >= 11 is 0. The van der Waals surface area contributed by atoms with Gasteiger partial charge in [0.15, 0.2) is 11.5 Å². The number of hydrogen-bond acceptors (Lipinski definition) is 4. The lowest BCUT2D eigenvalue weighted by Crippen LogP contribution is -2.09. The van der Waals surface area contributed by atoms with Gasteiger partial charge in [0.25, 0.3) is 0 Å². The number of fused-ring (bicyclic) bond motifs is 2. The highest BCUT2D eigenvalue weighted by atomic mass is 19.1. The average Bonchev–Trinajstić information content (AvgIpc) is 3.51. The van der Waals surface area contributed by atoms with E-state index < -0.39 is 0 Å². The predicted octanol–water partition coefficient (Wildman–Crippen LogP) is 6.60. The number of anilines is 1. The zero-order valence-corrected chi connectivity index (χ0v) is 20.3. The van der Waals surface area contributed by atoms with E-state index in [1.165, 1.54) is 17.7 Å². The van der Waals surface area contributed by atoms with Crippen molar-refractivity contribution in [2.45, 2.75) is 13.3 Å². The molecule has 6 rings (SSSR count). The van der Waals surface area contributed by atoms with E-state index in [0.29, 0.717) is 11.5 Å². The van der Waals surface area contributed by atoms with Crippen molar-refractivity contribution in [1.29, 1.82) is 0 Å². The Morgan fingerprint density at radius 3 is 2.58 bits per heavy atom. The van der Waals surface area contributed by atoms with Crippen molar-refractivity contribution in [3.8, 4) is 33.8 Å². The number of nitrogens with one attached hydrogen (secondary N) is 2. The summed E-state index contributed by atoms with van der Waals surface area (Å²) in [6.45, 7) is 2.16. The highest BCUT2D eigenvalue weighted by Gasteiger charge is 2.16. The standard InChI is InChI=1S/C29H25FN6/c1-4-17-11-19(14-22(12-17)36(2)3)20-15-24-27(34-35-28(24)31-16-20)29-32-25-10-6-9-23(26(25)33-29)18-7-5-8-21(30)13-18/h5-16H,4H2,1-3H3,(H,32,33)(H,31,34,35). The Labute approximate surface area is 207 Å². The number of H-pyrrole nitrogens is 2. The second kappa shape index (κ2) is 8.61. The fourth-order valence-electron chi connectivity index (χ4n) is 4.58. The van der Waals surface area contributed by atoms with Crippen molar-refractivity contribution in [2.75, 3.05) is 19.0 Å². The van der Waals surface area contributed by atoms with Gasteiger partial charge in [-0.1, -0.05) is 37.3 Å². The van der Waals surface area contributed by atoms with Crippen LogP contribution >= 0.6 is 0 Å². The normalized spacial score (nSPS) is 11.4. The third kappa shape index (κ3) is 3.79. The lowest BCUT2D eigenvalue weighted by atomic mass is 10.0. The van der Waals surface area contributed by atoms with Gasteiger partial charge < -0.3 is 9.88 Å². The molecule has 36 heavy (non-hydrogen) atoms. The molecule has 0 aliphatic rings. The first-order valence-electron chi connectivity index (χ1n) is 11.9. The molecule has 3 aromatic carbocycles. The predicted molar refractivity (Wildman–Crippen MR) is 144 cm³/mol. The molecule has 0 atom stereocenters. The minimum atomic E-state index is -0.275. The van der Waals surface area contributed by atoms with Crippen molar-refractivity contribution >= 4 is 27.8 Å². The summed E-state index contributed by atoms with van der Waals surface area (Å²) in [6.07, 6.45) is 2.82. The van der Waals surface area contributed by atoms with E-state index in [4.69, 9.17) is 4.98 Å². The molecule has 0 unspecified atom stereocenters. The minimum absolute atomic E-state index is 0.275. The largest absolute Gasteiger partial charge is 0.378 e. The van der Waals surface area contributed by atoms with Crippen molar-refractivity contribution in [3.05, 3.63) is 84.3 Å². The molecule has 0 fully saturated rings. The van der Waals surface area contributed by atoms with Crippen LogP contribution in [0.1, 0.15) is 12.5 Å². The van der Waals surface area contributed by atoms with Crippen molar-refractivity contribution in [2.24, 2.45) is 0 Å². The molecule has 0 radical (unpaired) electrons. The molecule has 7 heteroatoms. The van der Waals surface area contributed by atoms with E-state index in [-0.39, 0.29) is 5.82 Å². The van der Waals surface area contributed by atoms with Gasteiger partial charge in [-0.05, 0) is 59.5 Å². The molecule has 0 aliphatic carbocycles. The smallest absolute Gasteiger partial charge is 0.181 e. The number of aromatic amines is 2. The topological polar surface area (TPSA) is 73.5 Å². The highest BCUT2D eigenvalue weighted by molar-refractivity contribution is 5.97. The number of halogens is 1. The number of aromatic nitrogens is 5. The van der Waals surface area contributed by atoms with E-state index in [1.807, 2.05) is 44.6 Å².